The fourth-order valence-corrected chi connectivity index (χ4v) is 6.47. The van der Waals surface area contributed by atoms with Crippen molar-refractivity contribution in [1.29, 1.82) is 0 Å². The lowest BCUT2D eigenvalue weighted by Crippen LogP contribution is -2.68. The van der Waals surface area contributed by atoms with Crippen LogP contribution in [0.25, 0.3) is 11.1 Å². The molecule has 38 heavy (non-hydrogen) atoms. The molecule has 10 heteroatoms. The van der Waals surface area contributed by atoms with Crippen LogP contribution in [0.1, 0.15) is 28.8 Å². The highest BCUT2D eigenvalue weighted by Crippen LogP contribution is 2.56. The number of benzene rings is 2. The first-order valence-corrected chi connectivity index (χ1v) is 12.1. The third-order valence-electron chi connectivity index (χ3n) is 8.22. The van der Waals surface area contributed by atoms with E-state index in [0.29, 0.717) is 16.7 Å². The third kappa shape index (κ3) is 3.14. The number of aliphatic hydroxyl groups is 4. The molecule has 198 valence electrons. The molecule has 10 nitrogen and oxygen atoms in total. The number of phenols is 1. The molecule has 0 aliphatic heterocycles. The summed E-state index contributed by atoms with van der Waals surface area (Å²) in [6.07, 6.45) is -1.62. The molecule has 0 saturated heterocycles. The van der Waals surface area contributed by atoms with Crippen LogP contribution in [0.5, 0.6) is 5.75 Å². The molecular formula is C28H28N2O8. The van der Waals surface area contributed by atoms with Gasteiger partial charge in [0, 0.05) is 17.1 Å². The largest absolute Gasteiger partial charge is 0.510 e. The average molecular weight is 521 g/mol. The molecule has 0 heterocycles. The van der Waals surface area contributed by atoms with E-state index < -0.39 is 75.6 Å². The van der Waals surface area contributed by atoms with E-state index in [4.69, 9.17) is 5.73 Å². The normalized spacial score (nSPS) is 30.7. The minimum absolute atomic E-state index is 0.119. The molecule has 0 bridgehead atoms. The number of hydrogen-bond donors (Lipinski definition) is 6. The minimum Gasteiger partial charge on any atom is -0.510 e. The molecule has 3 aliphatic carbocycles. The Bertz CT molecular complexity index is 1460. The van der Waals surface area contributed by atoms with Gasteiger partial charge in [0.25, 0.3) is 5.91 Å². The van der Waals surface area contributed by atoms with Crippen molar-refractivity contribution in [1.82, 2.24) is 4.90 Å². The number of carbonyl (C=O) groups excluding carboxylic acids is 3. The fraction of sp³-hybridized carbons (Fsp3) is 0.321. The van der Waals surface area contributed by atoms with Gasteiger partial charge >= 0.3 is 0 Å². The molecule has 0 fully saturated rings. The van der Waals surface area contributed by atoms with Crippen LogP contribution in [0.4, 0.5) is 0 Å². The molecule has 1 amide bonds. The van der Waals surface area contributed by atoms with Gasteiger partial charge in [-0.05, 0) is 31.1 Å². The SMILES string of the molecule is C[C@H]1c2ccc(-c3ccccc3)c(O)c2C(=O)C2=C(O)[C@]3(O)C(=O)C(C(N)=O)=C(O)[C@@H](N(C)C)[C@@H]3[C@@H](O)[C@@H]21. The van der Waals surface area contributed by atoms with Gasteiger partial charge in [-0.25, -0.2) is 0 Å². The number of ketones is 2. The van der Waals surface area contributed by atoms with E-state index in [-0.39, 0.29) is 11.3 Å². The summed E-state index contributed by atoms with van der Waals surface area (Å²) >= 11 is 0. The summed E-state index contributed by atoms with van der Waals surface area (Å²) in [4.78, 5) is 40.8. The minimum atomic E-state index is -2.93. The van der Waals surface area contributed by atoms with Crippen LogP contribution in [0, 0.1) is 11.8 Å². The van der Waals surface area contributed by atoms with Gasteiger partial charge < -0.3 is 31.3 Å². The molecule has 7 N–H and O–H groups in total. The van der Waals surface area contributed by atoms with Crippen molar-refractivity contribution in [2.45, 2.75) is 30.6 Å². The van der Waals surface area contributed by atoms with E-state index >= 15 is 0 Å². The standard InChI is InChI=1S/C28H28N2O8/c1-11-13-9-10-14(12-7-5-4-6-8-12)21(31)16(13)22(32)17-15(11)23(33)19-20(30(2)3)24(34)18(27(29)37)26(36)28(19,38)25(17)35/h4-11,15,19-20,23,31,33-35,38H,1-3H3,(H2,29,37)/t11-,15+,19+,20-,23-,28-/m0/s1. The van der Waals surface area contributed by atoms with Crippen molar-refractivity contribution in [3.8, 4) is 16.9 Å². The van der Waals surface area contributed by atoms with Gasteiger partial charge in [-0.3, -0.25) is 19.3 Å². The van der Waals surface area contributed by atoms with E-state index in [9.17, 15) is 39.9 Å². The second kappa shape index (κ2) is 8.52. The highest BCUT2D eigenvalue weighted by molar-refractivity contribution is 6.25. The summed E-state index contributed by atoms with van der Waals surface area (Å²) in [7, 11) is 2.99. The van der Waals surface area contributed by atoms with E-state index in [1.807, 2.05) is 0 Å². The lowest BCUT2D eigenvalue weighted by atomic mass is 9.55. The predicted octanol–water partition coefficient (Wildman–Crippen LogP) is 1.32. The number of Topliss-reactive ketones (excluding diaryl/α,β-unsaturated/α-hetero) is 2. The van der Waals surface area contributed by atoms with Gasteiger partial charge in [0.15, 0.2) is 11.4 Å². The van der Waals surface area contributed by atoms with Crippen molar-refractivity contribution in [3.05, 3.63) is 76.3 Å². The highest BCUT2D eigenvalue weighted by Gasteiger charge is 2.67. The predicted molar refractivity (Wildman–Crippen MR) is 135 cm³/mol. The number of carbonyl (C=O) groups is 3. The topological polar surface area (TPSA) is 182 Å². The van der Waals surface area contributed by atoms with Gasteiger partial charge in [0.1, 0.15) is 22.8 Å². The van der Waals surface area contributed by atoms with Crippen molar-refractivity contribution >= 4 is 17.5 Å². The summed E-state index contributed by atoms with van der Waals surface area (Å²) < 4.78 is 0. The summed E-state index contributed by atoms with van der Waals surface area (Å²) in [5.41, 5.74) is 2.34. The quantitative estimate of drug-likeness (QED) is 0.325. The number of aromatic hydroxyl groups is 1. The van der Waals surface area contributed by atoms with Crippen molar-refractivity contribution in [3.63, 3.8) is 0 Å². The first-order chi connectivity index (χ1) is 17.8. The first-order valence-electron chi connectivity index (χ1n) is 12.1. The second-order valence-electron chi connectivity index (χ2n) is 10.3. The van der Waals surface area contributed by atoms with Crippen LogP contribution in [-0.4, -0.2) is 79.7 Å². The van der Waals surface area contributed by atoms with E-state index in [1.165, 1.54) is 19.0 Å². The molecule has 2 aromatic rings. The van der Waals surface area contributed by atoms with Gasteiger partial charge in [-0.1, -0.05) is 49.4 Å². The van der Waals surface area contributed by atoms with Crippen LogP contribution < -0.4 is 5.73 Å². The number of phenolic OH excluding ortho intramolecular Hbond substituents is 1. The van der Waals surface area contributed by atoms with Crippen LogP contribution in [-0.2, 0) is 9.59 Å². The zero-order valence-corrected chi connectivity index (χ0v) is 20.9. The second-order valence-corrected chi connectivity index (χ2v) is 10.3. The number of primary amides is 1. The number of amides is 1. The zero-order chi connectivity index (χ0) is 27.8. The van der Waals surface area contributed by atoms with Crippen molar-refractivity contribution in [2.24, 2.45) is 17.6 Å². The van der Waals surface area contributed by atoms with Crippen molar-refractivity contribution < 1.29 is 39.9 Å². The van der Waals surface area contributed by atoms with Crippen LogP contribution in [0.3, 0.4) is 0 Å². The number of likely N-dealkylation sites (N-methyl/N-ethyl adjacent to an activating group) is 1. The Labute approximate surface area is 217 Å². The average Bonchev–Trinajstić information content (AvgIpc) is 2.86. The number of nitrogens with zero attached hydrogens (tertiary/aromatic N) is 1. The van der Waals surface area contributed by atoms with Crippen LogP contribution >= 0.6 is 0 Å². The lowest BCUT2D eigenvalue weighted by Gasteiger charge is -2.53. The highest BCUT2D eigenvalue weighted by atomic mass is 16.4. The maximum atomic E-state index is 13.9. The Morgan fingerprint density at radius 1 is 1.03 bits per heavy atom. The molecular weight excluding hydrogens is 492 g/mol. The molecule has 5 rings (SSSR count). The maximum absolute atomic E-state index is 13.9. The molecule has 0 spiro atoms. The van der Waals surface area contributed by atoms with Gasteiger partial charge in [-0.2, -0.15) is 0 Å². The Morgan fingerprint density at radius 3 is 2.24 bits per heavy atom. The summed E-state index contributed by atoms with van der Waals surface area (Å²) in [5, 5.41) is 56.9. The molecule has 3 aliphatic rings. The Morgan fingerprint density at radius 2 is 1.66 bits per heavy atom. The fourth-order valence-electron chi connectivity index (χ4n) is 6.47. The van der Waals surface area contributed by atoms with Crippen LogP contribution in [0.15, 0.2) is 65.1 Å². The van der Waals surface area contributed by atoms with Gasteiger partial charge in [0.05, 0.1) is 23.6 Å². The number of fused-ring (bicyclic) bond motifs is 3. The van der Waals surface area contributed by atoms with E-state index in [2.05, 4.69) is 0 Å². The summed E-state index contributed by atoms with van der Waals surface area (Å²) in [6.45, 7) is 1.69. The van der Waals surface area contributed by atoms with E-state index in [0.717, 1.165) is 0 Å². The Hall–Kier alpha value is -3.99. The molecule has 0 radical (unpaired) electrons. The molecule has 0 unspecified atom stereocenters. The lowest BCUT2D eigenvalue weighted by molar-refractivity contribution is -0.162. The maximum Gasteiger partial charge on any atom is 0.255 e. The van der Waals surface area contributed by atoms with Crippen molar-refractivity contribution in [2.75, 3.05) is 14.1 Å². The monoisotopic (exact) mass is 520 g/mol. The van der Waals surface area contributed by atoms with Crippen LogP contribution in [0.2, 0.25) is 0 Å². The Balaban J connectivity index is 1.78. The first kappa shape index (κ1) is 25.7. The number of nitrogens with two attached hydrogens (primary N) is 1. The van der Waals surface area contributed by atoms with Gasteiger partial charge in [0.2, 0.25) is 5.78 Å². The molecule has 2 aromatic carbocycles. The number of rotatable bonds is 3. The molecule has 6 atom stereocenters. The smallest absolute Gasteiger partial charge is 0.255 e. The van der Waals surface area contributed by atoms with E-state index in [1.54, 1.807) is 49.4 Å². The number of hydrogen-bond acceptors (Lipinski definition) is 9. The summed E-state index contributed by atoms with van der Waals surface area (Å²) in [5.74, 6) is -9.03. The Kier molecular flexibility index (Phi) is 5.75. The molecule has 0 saturated carbocycles. The third-order valence-corrected chi connectivity index (χ3v) is 8.22. The zero-order valence-electron chi connectivity index (χ0n) is 20.9. The molecule has 0 aromatic heterocycles. The number of aliphatic hydroxyl groups excluding tert-OH is 3. The summed E-state index contributed by atoms with van der Waals surface area (Å²) in [6, 6.07) is 10.9. The van der Waals surface area contributed by atoms with Gasteiger partial charge in [-0.15, -0.1) is 0 Å².